The summed E-state index contributed by atoms with van der Waals surface area (Å²) in [6, 6.07) is 5.42. The van der Waals surface area contributed by atoms with Crippen molar-refractivity contribution in [3.8, 4) is 5.75 Å². The van der Waals surface area contributed by atoms with E-state index in [-0.39, 0.29) is 0 Å². The van der Waals surface area contributed by atoms with E-state index in [1.165, 1.54) is 0 Å². The summed E-state index contributed by atoms with van der Waals surface area (Å²) in [4.78, 5) is 1.15. The van der Waals surface area contributed by atoms with Crippen molar-refractivity contribution < 1.29 is 5.11 Å². The molecule has 0 aromatic heterocycles. The average molecular weight is 167 g/mol. The molecule has 2 N–H and O–H groups in total. The molecule has 0 amide bonds. The third-order valence-electron chi connectivity index (χ3n) is 1.64. The number of nitrogens with one attached hydrogen (secondary N) is 1. The molecule has 1 aromatic carbocycles. The van der Waals surface area contributed by atoms with Gasteiger partial charge in [0, 0.05) is 22.9 Å². The van der Waals surface area contributed by atoms with Crippen LogP contribution in [-0.4, -0.2) is 17.4 Å². The minimum atomic E-state index is 0.347. The Hall–Kier alpha value is -0.830. The molecule has 0 saturated heterocycles. The number of rotatable bonds is 0. The summed E-state index contributed by atoms with van der Waals surface area (Å²) >= 11 is 1.78. The number of phenols is 1. The first-order valence-electron chi connectivity index (χ1n) is 3.56. The lowest BCUT2D eigenvalue weighted by Crippen LogP contribution is -2.09. The lowest BCUT2D eigenvalue weighted by molar-refractivity contribution is 0.474. The van der Waals surface area contributed by atoms with Crippen LogP contribution in [0.5, 0.6) is 5.75 Å². The van der Waals surface area contributed by atoms with Crippen molar-refractivity contribution in [2.24, 2.45) is 0 Å². The van der Waals surface area contributed by atoms with E-state index < -0.39 is 0 Å². The first-order valence-corrected chi connectivity index (χ1v) is 4.54. The minimum absolute atomic E-state index is 0.347. The maximum atomic E-state index is 9.15. The van der Waals surface area contributed by atoms with Crippen molar-refractivity contribution in [3.05, 3.63) is 18.2 Å². The molecule has 1 aliphatic heterocycles. The maximum Gasteiger partial charge on any atom is 0.116 e. The van der Waals surface area contributed by atoms with Gasteiger partial charge in [-0.05, 0) is 18.2 Å². The fourth-order valence-electron chi connectivity index (χ4n) is 1.12. The van der Waals surface area contributed by atoms with E-state index in [1.807, 2.05) is 6.07 Å². The zero-order valence-electron chi connectivity index (χ0n) is 6.00. The highest BCUT2D eigenvalue weighted by Gasteiger charge is 2.08. The minimum Gasteiger partial charge on any atom is -0.508 e. The zero-order valence-corrected chi connectivity index (χ0v) is 6.82. The molecule has 58 valence electrons. The number of aromatic hydroxyl groups is 1. The summed E-state index contributed by atoms with van der Waals surface area (Å²) in [5.41, 5.74) is 1.14. The Morgan fingerprint density at radius 1 is 1.45 bits per heavy atom. The van der Waals surface area contributed by atoms with E-state index in [9.17, 15) is 0 Å². The van der Waals surface area contributed by atoms with Gasteiger partial charge in [0.25, 0.3) is 0 Å². The Bertz CT molecular complexity index is 275. The Morgan fingerprint density at radius 2 is 2.36 bits per heavy atom. The van der Waals surface area contributed by atoms with Crippen molar-refractivity contribution in [1.29, 1.82) is 0 Å². The van der Waals surface area contributed by atoms with Crippen LogP contribution >= 0.6 is 11.8 Å². The van der Waals surface area contributed by atoms with E-state index in [2.05, 4.69) is 5.32 Å². The van der Waals surface area contributed by atoms with Crippen LogP contribution in [0.15, 0.2) is 23.1 Å². The molecule has 0 saturated carbocycles. The molecule has 11 heavy (non-hydrogen) atoms. The summed E-state index contributed by atoms with van der Waals surface area (Å²) in [6.07, 6.45) is 0. The highest BCUT2D eigenvalue weighted by molar-refractivity contribution is 7.99. The van der Waals surface area contributed by atoms with E-state index in [4.69, 9.17) is 5.11 Å². The number of thioether (sulfide) groups is 1. The van der Waals surface area contributed by atoms with Gasteiger partial charge in [-0.3, -0.25) is 0 Å². The molecular formula is C8H9NOS. The summed E-state index contributed by atoms with van der Waals surface area (Å²) < 4.78 is 0. The number of benzene rings is 1. The molecule has 0 radical (unpaired) electrons. The predicted molar refractivity (Wildman–Crippen MR) is 47.3 cm³/mol. The van der Waals surface area contributed by atoms with Gasteiger partial charge in [-0.25, -0.2) is 0 Å². The van der Waals surface area contributed by atoms with Crippen LogP contribution in [0.25, 0.3) is 0 Å². The topological polar surface area (TPSA) is 32.3 Å². The molecule has 2 rings (SSSR count). The molecule has 3 heteroatoms. The standard InChI is InChI=1S/C8H9NOS/c10-6-1-2-7-8(5-6)11-4-3-9-7/h1-2,5,9-10H,3-4H2. The quantitative estimate of drug-likeness (QED) is 0.579. The number of fused-ring (bicyclic) bond motifs is 1. The van der Waals surface area contributed by atoms with E-state index in [1.54, 1.807) is 23.9 Å². The maximum absolute atomic E-state index is 9.15. The highest BCUT2D eigenvalue weighted by atomic mass is 32.2. The normalized spacial score (nSPS) is 15.3. The Labute approximate surface area is 69.6 Å². The Balaban J connectivity index is 2.43. The van der Waals surface area contributed by atoms with Crippen LogP contribution in [0, 0.1) is 0 Å². The summed E-state index contributed by atoms with van der Waals surface area (Å²) in [6.45, 7) is 1.02. The smallest absolute Gasteiger partial charge is 0.116 e. The van der Waals surface area contributed by atoms with E-state index >= 15 is 0 Å². The predicted octanol–water partition coefficient (Wildman–Crippen LogP) is 1.91. The van der Waals surface area contributed by atoms with Gasteiger partial charge < -0.3 is 10.4 Å². The van der Waals surface area contributed by atoms with Gasteiger partial charge >= 0.3 is 0 Å². The molecule has 0 bridgehead atoms. The second-order valence-corrected chi connectivity index (χ2v) is 3.59. The summed E-state index contributed by atoms with van der Waals surface area (Å²) in [5, 5.41) is 12.4. The zero-order chi connectivity index (χ0) is 7.68. The molecule has 1 heterocycles. The Kier molecular flexibility index (Phi) is 1.66. The van der Waals surface area contributed by atoms with Crippen LogP contribution in [0.1, 0.15) is 0 Å². The number of phenolic OH excluding ortho intramolecular Hbond substituents is 1. The number of hydrogen-bond donors (Lipinski definition) is 2. The van der Waals surface area contributed by atoms with Gasteiger partial charge in [-0.15, -0.1) is 11.8 Å². The van der Waals surface area contributed by atoms with Crippen LogP contribution in [-0.2, 0) is 0 Å². The largest absolute Gasteiger partial charge is 0.508 e. The lowest BCUT2D eigenvalue weighted by Gasteiger charge is -2.16. The first kappa shape index (κ1) is 6.85. The van der Waals surface area contributed by atoms with Crippen molar-refractivity contribution in [3.63, 3.8) is 0 Å². The van der Waals surface area contributed by atoms with E-state index in [0.717, 1.165) is 22.9 Å². The monoisotopic (exact) mass is 167 g/mol. The molecule has 1 aromatic rings. The van der Waals surface area contributed by atoms with Crippen molar-refractivity contribution in [2.75, 3.05) is 17.6 Å². The van der Waals surface area contributed by atoms with E-state index in [0.29, 0.717) is 5.75 Å². The van der Waals surface area contributed by atoms with Crippen LogP contribution in [0.3, 0.4) is 0 Å². The van der Waals surface area contributed by atoms with Gasteiger partial charge in [0.05, 0.1) is 0 Å². The molecule has 0 spiro atoms. The summed E-state index contributed by atoms with van der Waals surface area (Å²) in [5.74, 6) is 1.43. The summed E-state index contributed by atoms with van der Waals surface area (Å²) in [7, 11) is 0. The molecule has 0 unspecified atom stereocenters. The molecule has 0 aliphatic carbocycles. The molecule has 1 aliphatic rings. The van der Waals surface area contributed by atoms with Crippen molar-refractivity contribution in [2.45, 2.75) is 4.90 Å². The van der Waals surface area contributed by atoms with Gasteiger partial charge in [-0.1, -0.05) is 0 Å². The van der Waals surface area contributed by atoms with Crippen LogP contribution in [0.2, 0.25) is 0 Å². The van der Waals surface area contributed by atoms with Gasteiger partial charge in [-0.2, -0.15) is 0 Å². The average Bonchev–Trinajstić information content (AvgIpc) is 2.04. The second-order valence-electron chi connectivity index (χ2n) is 2.46. The molecule has 2 nitrogen and oxygen atoms in total. The molecular weight excluding hydrogens is 158 g/mol. The Morgan fingerprint density at radius 3 is 3.27 bits per heavy atom. The van der Waals surface area contributed by atoms with Crippen LogP contribution < -0.4 is 5.32 Å². The highest BCUT2D eigenvalue weighted by Crippen LogP contribution is 2.33. The fraction of sp³-hybridized carbons (Fsp3) is 0.250. The molecule has 0 atom stereocenters. The first-order chi connectivity index (χ1) is 5.36. The SMILES string of the molecule is Oc1ccc2c(c1)SCCN2. The van der Waals surface area contributed by atoms with Gasteiger partial charge in [0.1, 0.15) is 5.75 Å². The van der Waals surface area contributed by atoms with Crippen molar-refractivity contribution >= 4 is 17.4 Å². The third kappa shape index (κ3) is 1.28. The van der Waals surface area contributed by atoms with Crippen LogP contribution in [0.4, 0.5) is 5.69 Å². The number of anilines is 1. The third-order valence-corrected chi connectivity index (χ3v) is 2.70. The molecule has 0 fully saturated rings. The lowest BCUT2D eigenvalue weighted by atomic mass is 10.3. The van der Waals surface area contributed by atoms with Gasteiger partial charge in [0.2, 0.25) is 0 Å². The van der Waals surface area contributed by atoms with Gasteiger partial charge in [0.15, 0.2) is 0 Å². The fourth-order valence-corrected chi connectivity index (χ4v) is 2.05. The van der Waals surface area contributed by atoms with Crippen molar-refractivity contribution in [1.82, 2.24) is 0 Å². The number of hydrogen-bond acceptors (Lipinski definition) is 3. The second kappa shape index (κ2) is 2.66.